The van der Waals surface area contributed by atoms with E-state index < -0.39 is 17.9 Å². The summed E-state index contributed by atoms with van der Waals surface area (Å²) in [6.07, 6.45) is -1.49. The third-order valence-corrected chi connectivity index (χ3v) is 5.43. The van der Waals surface area contributed by atoms with Gasteiger partial charge in [-0.1, -0.05) is 59.6 Å². The van der Waals surface area contributed by atoms with Gasteiger partial charge in [-0.2, -0.15) is 0 Å². The van der Waals surface area contributed by atoms with Crippen LogP contribution in [-0.2, 0) is 9.53 Å². The number of amides is 2. The quantitative estimate of drug-likeness (QED) is 0.609. The summed E-state index contributed by atoms with van der Waals surface area (Å²) in [5.74, 6) is -0.358. The van der Waals surface area contributed by atoms with Crippen molar-refractivity contribution in [2.75, 3.05) is 6.54 Å². The first kappa shape index (κ1) is 21.6. The smallest absolute Gasteiger partial charge is 0.418 e. The molecule has 0 N–H and O–H groups in total. The normalized spacial score (nSPS) is 18.8. The molecule has 2 aromatic carbocycles. The molecule has 0 aliphatic carbocycles. The average Bonchev–Trinajstić information content (AvgIpc) is 2.97. The van der Waals surface area contributed by atoms with Crippen molar-refractivity contribution < 1.29 is 14.3 Å². The number of halogens is 2. The highest BCUT2D eigenvalue weighted by Crippen LogP contribution is 2.43. The third-order valence-electron chi connectivity index (χ3n) is 4.77. The Kier molecular flexibility index (Phi) is 6.22. The number of benzene rings is 2. The predicted octanol–water partition coefficient (Wildman–Crippen LogP) is 5.83. The highest BCUT2D eigenvalue weighted by atomic mass is 35.5. The van der Waals surface area contributed by atoms with Crippen LogP contribution in [0.25, 0.3) is 0 Å². The van der Waals surface area contributed by atoms with E-state index in [0.717, 1.165) is 10.5 Å². The standard InChI is InChI=1S/C22H24Cl2N2O3/c1-14(15-9-6-5-7-10-15)25-13-18(27)26(21(28)29-22(2,3)4)20(25)19-16(23)11-8-12-17(19)24/h5-12,14,20H,13H2,1-4H3/t14-,20+/m0/s1. The Hall–Kier alpha value is -2.08. The predicted molar refractivity (Wildman–Crippen MR) is 114 cm³/mol. The van der Waals surface area contributed by atoms with Crippen molar-refractivity contribution in [1.29, 1.82) is 0 Å². The van der Waals surface area contributed by atoms with Crippen molar-refractivity contribution in [1.82, 2.24) is 9.80 Å². The van der Waals surface area contributed by atoms with E-state index in [0.29, 0.717) is 15.6 Å². The van der Waals surface area contributed by atoms with Gasteiger partial charge in [-0.05, 0) is 45.4 Å². The molecular formula is C22H24Cl2N2O3. The molecule has 1 fully saturated rings. The minimum absolute atomic E-state index is 0.0432. The molecule has 154 valence electrons. The molecule has 29 heavy (non-hydrogen) atoms. The maximum absolute atomic E-state index is 13.0. The van der Waals surface area contributed by atoms with Crippen molar-refractivity contribution in [3.63, 3.8) is 0 Å². The Bertz CT molecular complexity index is 892. The van der Waals surface area contributed by atoms with Crippen LogP contribution < -0.4 is 0 Å². The fourth-order valence-electron chi connectivity index (χ4n) is 3.44. The van der Waals surface area contributed by atoms with E-state index in [1.165, 1.54) is 0 Å². The molecule has 7 heteroatoms. The van der Waals surface area contributed by atoms with Crippen molar-refractivity contribution in [2.24, 2.45) is 0 Å². The van der Waals surface area contributed by atoms with Gasteiger partial charge in [-0.15, -0.1) is 0 Å². The van der Waals surface area contributed by atoms with Crippen molar-refractivity contribution in [3.8, 4) is 0 Å². The lowest BCUT2D eigenvalue weighted by Crippen LogP contribution is -2.41. The highest BCUT2D eigenvalue weighted by molar-refractivity contribution is 6.36. The first-order valence-electron chi connectivity index (χ1n) is 9.40. The second-order valence-corrected chi connectivity index (χ2v) is 8.83. The van der Waals surface area contributed by atoms with Gasteiger partial charge in [0.05, 0.1) is 6.54 Å². The van der Waals surface area contributed by atoms with E-state index >= 15 is 0 Å². The van der Waals surface area contributed by atoms with Crippen LogP contribution in [0.3, 0.4) is 0 Å². The Morgan fingerprint density at radius 1 is 1.07 bits per heavy atom. The molecule has 1 aliphatic rings. The number of hydrogen-bond acceptors (Lipinski definition) is 4. The summed E-state index contributed by atoms with van der Waals surface area (Å²) in [7, 11) is 0. The van der Waals surface area contributed by atoms with Crippen molar-refractivity contribution in [3.05, 3.63) is 69.7 Å². The second kappa shape index (κ2) is 8.34. The zero-order chi connectivity index (χ0) is 21.3. The van der Waals surface area contributed by atoms with Crippen LogP contribution in [0.5, 0.6) is 0 Å². The minimum Gasteiger partial charge on any atom is -0.443 e. The van der Waals surface area contributed by atoms with Gasteiger partial charge in [-0.25, -0.2) is 9.69 Å². The number of rotatable bonds is 3. The van der Waals surface area contributed by atoms with E-state index in [1.54, 1.807) is 39.0 Å². The summed E-state index contributed by atoms with van der Waals surface area (Å²) >= 11 is 13.0. The minimum atomic E-state index is -0.770. The van der Waals surface area contributed by atoms with Gasteiger partial charge >= 0.3 is 6.09 Å². The van der Waals surface area contributed by atoms with Crippen LogP contribution in [-0.4, -0.2) is 33.9 Å². The zero-order valence-electron chi connectivity index (χ0n) is 16.9. The molecule has 2 atom stereocenters. The van der Waals surface area contributed by atoms with Crippen LogP contribution in [0.4, 0.5) is 4.79 Å². The molecule has 2 aromatic rings. The van der Waals surface area contributed by atoms with Crippen LogP contribution in [0.1, 0.15) is 51.0 Å². The maximum atomic E-state index is 13.0. The fraction of sp³-hybridized carbons (Fsp3) is 0.364. The van der Waals surface area contributed by atoms with Crippen molar-refractivity contribution >= 4 is 35.2 Å². The van der Waals surface area contributed by atoms with Gasteiger partial charge in [0.25, 0.3) is 0 Å². The molecule has 0 aromatic heterocycles. The summed E-state index contributed by atoms with van der Waals surface area (Å²) in [5, 5.41) is 0.770. The van der Waals surface area contributed by atoms with Gasteiger partial charge in [0, 0.05) is 21.7 Å². The molecular weight excluding hydrogens is 411 g/mol. The number of carbonyl (C=O) groups excluding carboxylic acids is 2. The highest BCUT2D eigenvalue weighted by Gasteiger charge is 2.47. The van der Waals surface area contributed by atoms with E-state index in [1.807, 2.05) is 42.2 Å². The molecule has 1 heterocycles. The third kappa shape index (κ3) is 4.58. The molecule has 1 aliphatic heterocycles. The lowest BCUT2D eigenvalue weighted by atomic mass is 10.0. The number of hydrogen-bond donors (Lipinski definition) is 0. The molecule has 0 unspecified atom stereocenters. The van der Waals surface area contributed by atoms with Crippen LogP contribution in [0.2, 0.25) is 10.0 Å². The van der Waals surface area contributed by atoms with Crippen LogP contribution in [0.15, 0.2) is 48.5 Å². The molecule has 1 saturated heterocycles. The van der Waals surface area contributed by atoms with Crippen LogP contribution >= 0.6 is 23.2 Å². The summed E-state index contributed by atoms with van der Waals surface area (Å²) < 4.78 is 5.51. The lowest BCUT2D eigenvalue weighted by Gasteiger charge is -2.34. The largest absolute Gasteiger partial charge is 0.443 e. The number of carbonyl (C=O) groups is 2. The molecule has 3 rings (SSSR count). The molecule has 0 bridgehead atoms. The monoisotopic (exact) mass is 434 g/mol. The van der Waals surface area contributed by atoms with Gasteiger partial charge in [-0.3, -0.25) is 9.69 Å². The van der Waals surface area contributed by atoms with E-state index in [-0.39, 0.29) is 18.5 Å². The summed E-state index contributed by atoms with van der Waals surface area (Å²) in [5.41, 5.74) is 0.778. The van der Waals surface area contributed by atoms with Crippen molar-refractivity contribution in [2.45, 2.75) is 45.5 Å². The average molecular weight is 435 g/mol. The van der Waals surface area contributed by atoms with E-state index in [4.69, 9.17) is 27.9 Å². The first-order chi connectivity index (χ1) is 13.6. The van der Waals surface area contributed by atoms with Crippen LogP contribution in [0, 0.1) is 0 Å². The molecule has 5 nitrogen and oxygen atoms in total. The van der Waals surface area contributed by atoms with Gasteiger partial charge in [0.2, 0.25) is 5.91 Å². The number of imide groups is 1. The Morgan fingerprint density at radius 2 is 1.66 bits per heavy atom. The zero-order valence-corrected chi connectivity index (χ0v) is 18.4. The summed E-state index contributed by atoms with van der Waals surface area (Å²) in [6, 6.07) is 14.7. The Balaban J connectivity index is 2.09. The fourth-order valence-corrected chi connectivity index (χ4v) is 4.03. The molecule has 0 spiro atoms. The van der Waals surface area contributed by atoms with Gasteiger partial charge < -0.3 is 4.74 Å². The summed E-state index contributed by atoms with van der Waals surface area (Å²) in [6.45, 7) is 7.30. The SMILES string of the molecule is C[C@@H](c1ccccc1)N1CC(=O)N(C(=O)OC(C)(C)C)[C@@H]1c1c(Cl)cccc1Cl. The number of nitrogens with zero attached hydrogens (tertiary/aromatic N) is 2. The second-order valence-electron chi connectivity index (χ2n) is 8.01. The van der Waals surface area contributed by atoms with Gasteiger partial charge in [0.15, 0.2) is 0 Å². The maximum Gasteiger partial charge on any atom is 0.418 e. The topological polar surface area (TPSA) is 49.9 Å². The van der Waals surface area contributed by atoms with E-state index in [9.17, 15) is 9.59 Å². The van der Waals surface area contributed by atoms with Gasteiger partial charge in [0.1, 0.15) is 11.8 Å². The number of ether oxygens (including phenoxy) is 1. The van der Waals surface area contributed by atoms with E-state index in [2.05, 4.69) is 0 Å². The molecule has 0 saturated carbocycles. The first-order valence-corrected chi connectivity index (χ1v) is 10.2. The Morgan fingerprint density at radius 3 is 2.21 bits per heavy atom. The summed E-state index contributed by atoms with van der Waals surface area (Å²) in [4.78, 5) is 28.9. The Labute approximate surface area is 181 Å². The molecule has 2 amide bonds. The lowest BCUT2D eigenvalue weighted by molar-refractivity contribution is -0.127. The molecule has 0 radical (unpaired) electrons.